The minimum atomic E-state index is -0.932. The maximum absolute atomic E-state index is 12.3. The van der Waals surface area contributed by atoms with E-state index in [1.165, 1.54) is 0 Å². The van der Waals surface area contributed by atoms with E-state index in [0.29, 0.717) is 18.5 Å². The van der Waals surface area contributed by atoms with Gasteiger partial charge in [0.25, 0.3) is 0 Å². The molecule has 1 saturated carbocycles. The molecule has 6 nitrogen and oxygen atoms in total. The van der Waals surface area contributed by atoms with Crippen LogP contribution in [0.2, 0.25) is 0 Å². The number of aryl methyl sites for hydroxylation is 1. The standard InChI is InChI=1S/C16H18N2O4/c1-16(2)12(13(16)15(21)22)14(20)17-9-4-5-10-8(7-9)3-6-11(19)18-10/h4-5,7,12-13H,3,6H2,1-2H3,(H,17,20)(H,18,19)(H,21,22)/t12-,13+/m1/s1. The molecule has 1 aromatic carbocycles. The zero-order chi connectivity index (χ0) is 16.1. The van der Waals surface area contributed by atoms with Gasteiger partial charge in [0, 0.05) is 17.8 Å². The molecule has 0 aromatic heterocycles. The lowest BCUT2D eigenvalue weighted by molar-refractivity contribution is -0.140. The molecular weight excluding hydrogens is 284 g/mol. The molecule has 0 unspecified atom stereocenters. The largest absolute Gasteiger partial charge is 0.481 e. The minimum Gasteiger partial charge on any atom is -0.481 e. The number of carboxylic acids is 1. The molecule has 116 valence electrons. The van der Waals surface area contributed by atoms with Crippen molar-refractivity contribution in [3.63, 3.8) is 0 Å². The zero-order valence-electron chi connectivity index (χ0n) is 12.5. The summed E-state index contributed by atoms with van der Waals surface area (Å²) < 4.78 is 0. The van der Waals surface area contributed by atoms with Gasteiger partial charge < -0.3 is 15.7 Å². The number of hydrogen-bond acceptors (Lipinski definition) is 3. The molecule has 3 rings (SSSR count). The van der Waals surface area contributed by atoms with Crippen molar-refractivity contribution in [1.82, 2.24) is 0 Å². The van der Waals surface area contributed by atoms with E-state index in [0.717, 1.165) is 11.3 Å². The van der Waals surface area contributed by atoms with E-state index in [2.05, 4.69) is 10.6 Å². The molecule has 1 aliphatic carbocycles. The average Bonchev–Trinajstić information content (AvgIpc) is 3.02. The predicted molar refractivity (Wildman–Crippen MR) is 80.4 cm³/mol. The third-order valence-corrected chi connectivity index (χ3v) is 4.64. The van der Waals surface area contributed by atoms with Crippen molar-refractivity contribution in [2.45, 2.75) is 26.7 Å². The lowest BCUT2D eigenvalue weighted by Crippen LogP contribution is -2.20. The molecule has 0 radical (unpaired) electrons. The summed E-state index contributed by atoms with van der Waals surface area (Å²) in [4.78, 5) is 34.7. The van der Waals surface area contributed by atoms with Crippen LogP contribution in [-0.2, 0) is 20.8 Å². The Balaban J connectivity index is 1.73. The Bertz CT molecular complexity index is 681. The van der Waals surface area contributed by atoms with Gasteiger partial charge in [-0.3, -0.25) is 14.4 Å². The molecule has 3 N–H and O–H groups in total. The van der Waals surface area contributed by atoms with Crippen LogP contribution in [0.15, 0.2) is 18.2 Å². The summed E-state index contributed by atoms with van der Waals surface area (Å²) in [6.07, 6.45) is 1.07. The number of fused-ring (bicyclic) bond motifs is 1. The molecule has 2 amide bonds. The normalized spacial score (nSPS) is 24.9. The minimum absolute atomic E-state index is 0.00619. The first-order chi connectivity index (χ1) is 10.3. The number of nitrogens with one attached hydrogen (secondary N) is 2. The fourth-order valence-corrected chi connectivity index (χ4v) is 3.27. The van der Waals surface area contributed by atoms with Gasteiger partial charge in [0.1, 0.15) is 0 Å². The second kappa shape index (κ2) is 4.83. The van der Waals surface area contributed by atoms with Gasteiger partial charge in [0.15, 0.2) is 0 Å². The van der Waals surface area contributed by atoms with E-state index in [4.69, 9.17) is 5.11 Å². The van der Waals surface area contributed by atoms with Crippen molar-refractivity contribution < 1.29 is 19.5 Å². The molecular formula is C16H18N2O4. The van der Waals surface area contributed by atoms with Crippen LogP contribution >= 0.6 is 0 Å². The quantitative estimate of drug-likeness (QED) is 0.794. The Kier molecular flexibility index (Phi) is 3.20. The summed E-state index contributed by atoms with van der Waals surface area (Å²) in [5, 5.41) is 14.7. The third-order valence-electron chi connectivity index (χ3n) is 4.64. The summed E-state index contributed by atoms with van der Waals surface area (Å²) in [6, 6.07) is 5.31. The van der Waals surface area contributed by atoms with Crippen molar-refractivity contribution in [3.8, 4) is 0 Å². The van der Waals surface area contributed by atoms with Crippen LogP contribution in [0, 0.1) is 17.3 Å². The smallest absolute Gasteiger partial charge is 0.307 e. The van der Waals surface area contributed by atoms with E-state index in [1.54, 1.807) is 26.0 Å². The van der Waals surface area contributed by atoms with Gasteiger partial charge in [0.05, 0.1) is 11.8 Å². The molecule has 22 heavy (non-hydrogen) atoms. The van der Waals surface area contributed by atoms with Crippen LogP contribution in [0.25, 0.3) is 0 Å². The first-order valence-corrected chi connectivity index (χ1v) is 7.27. The van der Waals surface area contributed by atoms with Crippen LogP contribution in [0.4, 0.5) is 11.4 Å². The van der Waals surface area contributed by atoms with Crippen molar-refractivity contribution in [3.05, 3.63) is 23.8 Å². The second-order valence-electron chi connectivity index (χ2n) is 6.52. The molecule has 2 atom stereocenters. The maximum atomic E-state index is 12.3. The number of amides is 2. The predicted octanol–water partition coefficient (Wildman–Crippen LogP) is 1.87. The summed E-state index contributed by atoms with van der Waals surface area (Å²) in [5.74, 6) is -2.35. The highest BCUT2D eigenvalue weighted by Crippen LogP contribution is 2.58. The Morgan fingerprint density at radius 3 is 2.64 bits per heavy atom. The first kappa shape index (κ1) is 14.6. The van der Waals surface area contributed by atoms with Gasteiger partial charge in [-0.05, 0) is 35.6 Å². The number of benzene rings is 1. The SMILES string of the molecule is CC1(C)[C@H](C(=O)O)[C@@H]1C(=O)Nc1ccc2c(c1)CCC(=O)N2. The Labute approximate surface area is 127 Å². The summed E-state index contributed by atoms with van der Waals surface area (Å²) in [6.45, 7) is 3.58. The van der Waals surface area contributed by atoms with Crippen LogP contribution < -0.4 is 10.6 Å². The van der Waals surface area contributed by atoms with E-state index >= 15 is 0 Å². The molecule has 1 heterocycles. The van der Waals surface area contributed by atoms with Crippen LogP contribution in [0.3, 0.4) is 0 Å². The number of aliphatic carboxylic acids is 1. The van der Waals surface area contributed by atoms with Gasteiger partial charge >= 0.3 is 5.97 Å². The number of hydrogen-bond donors (Lipinski definition) is 3. The van der Waals surface area contributed by atoms with Gasteiger partial charge in [-0.2, -0.15) is 0 Å². The molecule has 6 heteroatoms. The lowest BCUT2D eigenvalue weighted by atomic mass is 10.0. The number of anilines is 2. The molecule has 1 fully saturated rings. The van der Waals surface area contributed by atoms with E-state index in [9.17, 15) is 14.4 Å². The van der Waals surface area contributed by atoms with Gasteiger partial charge in [0.2, 0.25) is 11.8 Å². The zero-order valence-corrected chi connectivity index (χ0v) is 12.5. The summed E-state index contributed by atoms with van der Waals surface area (Å²) >= 11 is 0. The van der Waals surface area contributed by atoms with Crippen LogP contribution in [-0.4, -0.2) is 22.9 Å². The summed E-state index contributed by atoms with van der Waals surface area (Å²) in [5.41, 5.74) is 1.86. The van der Waals surface area contributed by atoms with Crippen molar-refractivity contribution in [1.29, 1.82) is 0 Å². The number of carbonyl (C=O) groups is 3. The number of carbonyl (C=O) groups excluding carboxylic acids is 2. The maximum Gasteiger partial charge on any atom is 0.307 e. The highest BCUT2D eigenvalue weighted by molar-refractivity contribution is 6.00. The second-order valence-corrected chi connectivity index (χ2v) is 6.52. The molecule has 0 saturated heterocycles. The van der Waals surface area contributed by atoms with Gasteiger partial charge in [-0.1, -0.05) is 13.8 Å². The highest BCUT2D eigenvalue weighted by Gasteiger charge is 2.65. The monoisotopic (exact) mass is 302 g/mol. The van der Waals surface area contributed by atoms with Crippen molar-refractivity contribution in [2.24, 2.45) is 17.3 Å². The average molecular weight is 302 g/mol. The van der Waals surface area contributed by atoms with Gasteiger partial charge in [-0.25, -0.2) is 0 Å². The summed E-state index contributed by atoms with van der Waals surface area (Å²) in [7, 11) is 0. The first-order valence-electron chi connectivity index (χ1n) is 7.27. The molecule has 0 spiro atoms. The lowest BCUT2D eigenvalue weighted by Gasteiger charge is -2.17. The Morgan fingerprint density at radius 2 is 2.00 bits per heavy atom. The fraction of sp³-hybridized carbons (Fsp3) is 0.438. The molecule has 0 bridgehead atoms. The van der Waals surface area contributed by atoms with E-state index in [1.807, 2.05) is 6.07 Å². The Morgan fingerprint density at radius 1 is 1.27 bits per heavy atom. The molecule has 1 aliphatic heterocycles. The topological polar surface area (TPSA) is 95.5 Å². The van der Waals surface area contributed by atoms with Crippen molar-refractivity contribution >= 4 is 29.2 Å². The van der Waals surface area contributed by atoms with E-state index < -0.39 is 23.2 Å². The van der Waals surface area contributed by atoms with E-state index in [-0.39, 0.29) is 11.8 Å². The number of carboxylic acid groups (broad SMARTS) is 1. The Hall–Kier alpha value is -2.37. The number of rotatable bonds is 3. The fourth-order valence-electron chi connectivity index (χ4n) is 3.27. The van der Waals surface area contributed by atoms with Crippen LogP contribution in [0.5, 0.6) is 0 Å². The highest BCUT2D eigenvalue weighted by atomic mass is 16.4. The molecule has 1 aromatic rings. The third kappa shape index (κ3) is 2.34. The van der Waals surface area contributed by atoms with Crippen LogP contribution in [0.1, 0.15) is 25.8 Å². The molecule has 2 aliphatic rings. The van der Waals surface area contributed by atoms with Gasteiger partial charge in [-0.15, -0.1) is 0 Å². The van der Waals surface area contributed by atoms with Crippen molar-refractivity contribution in [2.75, 3.05) is 10.6 Å².